The molecule has 1 saturated heterocycles. The third-order valence-electron chi connectivity index (χ3n) is 7.87. The number of halogens is 2. The molecule has 0 radical (unpaired) electrons. The molecule has 10 heteroatoms. The Kier molecular flexibility index (Phi) is 7.59. The van der Waals surface area contributed by atoms with Gasteiger partial charge in [0.25, 0.3) is 0 Å². The molecule has 6 atom stereocenters. The molecule has 5 rings (SSSR count). The Morgan fingerprint density at radius 3 is 2.41 bits per heavy atom. The summed E-state index contributed by atoms with van der Waals surface area (Å²) in [5, 5.41) is 29.6. The smallest absolute Gasteiger partial charge is 0.246 e. The van der Waals surface area contributed by atoms with Crippen molar-refractivity contribution in [3.63, 3.8) is 0 Å². The van der Waals surface area contributed by atoms with Crippen LogP contribution in [-0.4, -0.2) is 74.9 Å². The average molecular weight is 492 g/mol. The van der Waals surface area contributed by atoms with Crippen molar-refractivity contribution in [1.82, 2.24) is 16.0 Å². The van der Waals surface area contributed by atoms with Gasteiger partial charge < -0.3 is 25.6 Å². The zero-order valence-corrected chi connectivity index (χ0v) is 19.8. The second-order valence-corrected chi connectivity index (χ2v) is 11.3. The number of carbonyl (C=O) groups excluding carboxylic acids is 2. The van der Waals surface area contributed by atoms with E-state index >= 15 is 0 Å². The van der Waals surface area contributed by atoms with Crippen molar-refractivity contribution < 1.29 is 24.5 Å². The van der Waals surface area contributed by atoms with E-state index in [-0.39, 0.29) is 35.3 Å². The van der Waals surface area contributed by atoms with Crippen molar-refractivity contribution in [2.45, 2.75) is 117 Å². The van der Waals surface area contributed by atoms with Crippen molar-refractivity contribution in [3.05, 3.63) is 0 Å². The van der Waals surface area contributed by atoms with Crippen molar-refractivity contribution in [1.29, 1.82) is 0 Å². The molecule has 4 aliphatic carbocycles. The number of hydrogen-bond donors (Lipinski definition) is 5. The number of hydrogen-bond acceptors (Lipinski definition) is 6. The van der Waals surface area contributed by atoms with Crippen LogP contribution in [0.3, 0.4) is 0 Å². The number of nitrogens with one attached hydrogen (secondary N) is 3. The van der Waals surface area contributed by atoms with Gasteiger partial charge in [-0.2, -0.15) is 0 Å². The molecule has 5 fully saturated rings. The normalized spacial score (nSPS) is 44.1. The number of ether oxygens (including phenoxy) is 1. The van der Waals surface area contributed by atoms with E-state index in [0.717, 1.165) is 19.3 Å². The van der Waals surface area contributed by atoms with Gasteiger partial charge in [0.05, 0.1) is 34.5 Å². The maximum Gasteiger partial charge on any atom is 0.246 e. The van der Waals surface area contributed by atoms with E-state index in [0.29, 0.717) is 51.4 Å². The first-order valence-corrected chi connectivity index (χ1v) is 12.7. The van der Waals surface area contributed by atoms with Crippen molar-refractivity contribution in [3.8, 4) is 0 Å². The van der Waals surface area contributed by atoms with Crippen LogP contribution in [0.5, 0.6) is 0 Å². The maximum atomic E-state index is 12.8. The molecule has 2 bridgehead atoms. The number of piperidine rings is 1. The molecule has 0 spiro atoms. The number of alkyl halides is 2. The van der Waals surface area contributed by atoms with Crippen molar-refractivity contribution in [2.75, 3.05) is 6.61 Å². The fourth-order valence-corrected chi connectivity index (χ4v) is 6.39. The Labute approximate surface area is 199 Å². The Balaban J connectivity index is 1.26. The second-order valence-electron chi connectivity index (χ2n) is 10.1. The van der Waals surface area contributed by atoms with Gasteiger partial charge in [0.1, 0.15) is 12.8 Å². The Morgan fingerprint density at radius 1 is 1.00 bits per heavy atom. The van der Waals surface area contributed by atoms with Gasteiger partial charge in [-0.1, -0.05) is 0 Å². The number of aliphatic hydroxyl groups is 2. The molecule has 0 aromatic heterocycles. The number of aliphatic hydroxyl groups excluding tert-OH is 2. The summed E-state index contributed by atoms with van der Waals surface area (Å²) < 4.78 is 5.77. The first-order chi connectivity index (χ1) is 15.2. The summed E-state index contributed by atoms with van der Waals surface area (Å²) in [7, 11) is 0. The first kappa shape index (κ1) is 24.5. The predicted molar refractivity (Wildman–Crippen MR) is 120 cm³/mol. The molecule has 182 valence electrons. The minimum absolute atomic E-state index is 0.0522. The summed E-state index contributed by atoms with van der Waals surface area (Å²) >= 11 is 12.4. The second kappa shape index (κ2) is 9.92. The highest BCUT2D eigenvalue weighted by Gasteiger charge is 2.55. The maximum absolute atomic E-state index is 12.8. The SMILES string of the molecule is O=C(COC1CCC(Cl)C(Cl)C1)NC12CCC(NC(=O)C3CCCC(O)N3)(CC1)C[C@@H]2O. The summed E-state index contributed by atoms with van der Waals surface area (Å²) in [5.74, 6) is -0.353. The number of carbonyl (C=O) groups is 2. The van der Waals surface area contributed by atoms with Crippen LogP contribution in [0.4, 0.5) is 0 Å². The lowest BCUT2D eigenvalue weighted by Gasteiger charge is -2.56. The molecular weight excluding hydrogens is 457 g/mol. The fourth-order valence-electron chi connectivity index (χ4n) is 5.83. The summed E-state index contributed by atoms with van der Waals surface area (Å²) in [6.07, 6.45) is 5.87. The van der Waals surface area contributed by atoms with Crippen LogP contribution in [0.1, 0.15) is 70.6 Å². The van der Waals surface area contributed by atoms with Crippen molar-refractivity contribution >= 4 is 35.0 Å². The molecule has 1 heterocycles. The van der Waals surface area contributed by atoms with Crippen LogP contribution in [0.25, 0.3) is 0 Å². The largest absolute Gasteiger partial charge is 0.391 e. The molecule has 32 heavy (non-hydrogen) atoms. The van der Waals surface area contributed by atoms with Crippen molar-refractivity contribution in [2.24, 2.45) is 0 Å². The Hall–Kier alpha value is -0.640. The highest BCUT2D eigenvalue weighted by Crippen LogP contribution is 2.47. The lowest BCUT2D eigenvalue weighted by molar-refractivity contribution is -0.140. The van der Waals surface area contributed by atoms with E-state index < -0.39 is 29.5 Å². The molecule has 8 nitrogen and oxygen atoms in total. The zero-order chi connectivity index (χ0) is 22.9. The molecular formula is C22H35Cl2N3O5. The van der Waals surface area contributed by atoms with E-state index in [1.165, 1.54) is 0 Å². The monoisotopic (exact) mass is 491 g/mol. The molecule has 1 aliphatic heterocycles. The summed E-state index contributed by atoms with van der Waals surface area (Å²) in [4.78, 5) is 25.4. The van der Waals surface area contributed by atoms with Crippen LogP contribution in [0.2, 0.25) is 0 Å². The Bertz CT molecular complexity index is 703. The van der Waals surface area contributed by atoms with Gasteiger partial charge in [0.2, 0.25) is 11.8 Å². The quantitative estimate of drug-likeness (QED) is 0.357. The van der Waals surface area contributed by atoms with Gasteiger partial charge in [0, 0.05) is 5.54 Å². The molecule has 0 aromatic carbocycles. The van der Waals surface area contributed by atoms with Gasteiger partial charge in [-0.25, -0.2) is 0 Å². The van der Waals surface area contributed by atoms with E-state index in [1.807, 2.05) is 0 Å². The topological polar surface area (TPSA) is 120 Å². The van der Waals surface area contributed by atoms with Gasteiger partial charge in [-0.05, 0) is 70.6 Å². The van der Waals surface area contributed by atoms with E-state index in [4.69, 9.17) is 27.9 Å². The van der Waals surface area contributed by atoms with E-state index in [1.54, 1.807) is 0 Å². The van der Waals surface area contributed by atoms with E-state index in [9.17, 15) is 19.8 Å². The van der Waals surface area contributed by atoms with Crippen LogP contribution >= 0.6 is 23.2 Å². The molecule has 5 unspecified atom stereocenters. The van der Waals surface area contributed by atoms with E-state index in [2.05, 4.69) is 16.0 Å². The molecule has 0 aromatic rings. The lowest BCUT2D eigenvalue weighted by atomic mass is 9.59. The minimum Gasteiger partial charge on any atom is -0.391 e. The van der Waals surface area contributed by atoms with Crippen LogP contribution < -0.4 is 16.0 Å². The third-order valence-corrected chi connectivity index (χ3v) is 9.01. The minimum atomic E-state index is -0.738. The molecule has 5 N–H and O–H groups in total. The highest BCUT2D eigenvalue weighted by molar-refractivity contribution is 6.30. The summed E-state index contributed by atoms with van der Waals surface area (Å²) in [6.45, 7) is -0.0622. The Morgan fingerprint density at radius 2 is 1.75 bits per heavy atom. The van der Waals surface area contributed by atoms with Gasteiger partial charge in [-0.15, -0.1) is 23.2 Å². The average Bonchev–Trinajstić information content (AvgIpc) is 2.76. The third kappa shape index (κ3) is 5.36. The zero-order valence-electron chi connectivity index (χ0n) is 18.3. The number of fused-ring (bicyclic) bond motifs is 3. The van der Waals surface area contributed by atoms with Crippen LogP contribution in [0.15, 0.2) is 0 Å². The predicted octanol–water partition coefficient (Wildman–Crippen LogP) is 1.28. The molecule has 4 saturated carbocycles. The van der Waals surface area contributed by atoms with Gasteiger partial charge in [0.15, 0.2) is 0 Å². The highest BCUT2D eigenvalue weighted by atomic mass is 35.5. The fraction of sp³-hybridized carbons (Fsp3) is 0.909. The van der Waals surface area contributed by atoms with Crippen LogP contribution in [0, 0.1) is 0 Å². The number of amides is 2. The lowest BCUT2D eigenvalue weighted by Crippen LogP contribution is -2.71. The molecule has 5 aliphatic rings. The standard InChI is InChI=1S/C22H35Cl2N3O5/c23-14-5-4-13(10-15(14)24)32-12-19(30)26-22-8-6-21(7-9-22,11-17(22)28)27-20(31)16-2-1-3-18(29)25-16/h13-18,25,28-29H,1-12H2,(H,26,30)(H,27,31)/t13?,14?,15?,16?,17-,18?,21?,22?/m0/s1. The van der Waals surface area contributed by atoms with Crippen LogP contribution in [-0.2, 0) is 14.3 Å². The first-order valence-electron chi connectivity index (χ1n) is 11.9. The summed E-state index contributed by atoms with van der Waals surface area (Å²) in [6, 6.07) is -0.405. The number of rotatable bonds is 6. The van der Waals surface area contributed by atoms with Gasteiger partial charge >= 0.3 is 0 Å². The van der Waals surface area contributed by atoms with Gasteiger partial charge in [-0.3, -0.25) is 14.9 Å². The molecule has 2 amide bonds. The summed E-state index contributed by atoms with van der Waals surface area (Å²) in [5.41, 5.74) is -1.13.